The maximum Gasteiger partial charge on any atom is 0.348 e. The number of aliphatic carboxylic acids is 1. The number of aromatic hydroxyl groups is 1. The first-order chi connectivity index (χ1) is 11.5. The van der Waals surface area contributed by atoms with Crippen LogP contribution < -0.4 is 0 Å². The predicted octanol–water partition coefficient (Wildman–Crippen LogP) is 2.71. The zero-order valence-corrected chi connectivity index (χ0v) is 12.3. The molecule has 0 atom stereocenters. The van der Waals surface area contributed by atoms with E-state index in [2.05, 4.69) is 0 Å². The Morgan fingerprint density at radius 1 is 0.917 bits per heavy atom. The summed E-state index contributed by atoms with van der Waals surface area (Å²) in [6.45, 7) is 0. The highest BCUT2D eigenvalue weighted by Gasteiger charge is 2.35. The second-order valence-corrected chi connectivity index (χ2v) is 5.04. The number of esters is 1. The summed E-state index contributed by atoms with van der Waals surface area (Å²) in [6, 6.07) is 13.6. The Bertz CT molecular complexity index is 875. The molecule has 0 aromatic heterocycles. The molecule has 2 aromatic carbocycles. The summed E-state index contributed by atoms with van der Waals surface area (Å²) in [5.74, 6) is -3.19. The highest BCUT2D eigenvalue weighted by molar-refractivity contribution is 6.24. The first-order valence-corrected chi connectivity index (χ1v) is 6.97. The number of aliphatic hydroxyl groups excluding tert-OH is 1. The van der Waals surface area contributed by atoms with Crippen LogP contribution in [0.15, 0.2) is 66.1 Å². The Hall–Kier alpha value is -3.54. The van der Waals surface area contributed by atoms with Crippen molar-refractivity contribution in [1.82, 2.24) is 0 Å². The van der Waals surface area contributed by atoms with E-state index in [0.717, 1.165) is 0 Å². The molecule has 0 radical (unpaired) electrons. The number of hydrogen-bond donors (Lipinski definition) is 3. The van der Waals surface area contributed by atoms with Crippen molar-refractivity contribution in [3.8, 4) is 5.75 Å². The van der Waals surface area contributed by atoms with Gasteiger partial charge >= 0.3 is 11.9 Å². The van der Waals surface area contributed by atoms with Gasteiger partial charge < -0.3 is 20.1 Å². The van der Waals surface area contributed by atoms with Gasteiger partial charge in [-0.15, -0.1) is 0 Å². The number of cyclic esters (lactones) is 1. The van der Waals surface area contributed by atoms with Crippen molar-refractivity contribution in [2.24, 2.45) is 0 Å². The standard InChI is InChI=1S/C18H12O6/c19-12-8-6-11(7-9-12)14(17(21)22)16-15(20)13(18(23)24-16)10-4-2-1-3-5-10/h1-9,19-20H,(H,21,22)/b16-14+. The van der Waals surface area contributed by atoms with Crippen molar-refractivity contribution < 1.29 is 29.6 Å². The molecule has 0 bridgehead atoms. The summed E-state index contributed by atoms with van der Waals surface area (Å²) in [6.07, 6.45) is 0. The number of phenolic OH excluding ortho intramolecular Hbond substituents is 1. The molecule has 1 aliphatic rings. The smallest absolute Gasteiger partial charge is 0.348 e. The van der Waals surface area contributed by atoms with Crippen molar-refractivity contribution in [2.75, 3.05) is 0 Å². The lowest BCUT2D eigenvalue weighted by atomic mass is 10.0. The minimum atomic E-state index is -1.37. The summed E-state index contributed by atoms with van der Waals surface area (Å²) in [4.78, 5) is 23.7. The van der Waals surface area contributed by atoms with Gasteiger partial charge in [0, 0.05) is 0 Å². The maximum absolute atomic E-state index is 12.1. The lowest BCUT2D eigenvalue weighted by molar-refractivity contribution is -0.131. The van der Waals surface area contributed by atoms with Crippen molar-refractivity contribution in [2.45, 2.75) is 0 Å². The SMILES string of the molecule is O=C1O/C(=C(/C(=O)O)c2ccc(O)cc2)C(O)=C1c1ccccc1. The van der Waals surface area contributed by atoms with Gasteiger partial charge in [-0.25, -0.2) is 9.59 Å². The van der Waals surface area contributed by atoms with Gasteiger partial charge in [0.05, 0.1) is 0 Å². The molecule has 0 amide bonds. The van der Waals surface area contributed by atoms with E-state index >= 15 is 0 Å². The van der Waals surface area contributed by atoms with Crippen molar-refractivity contribution in [3.63, 3.8) is 0 Å². The van der Waals surface area contributed by atoms with Crippen LogP contribution in [-0.2, 0) is 14.3 Å². The first-order valence-electron chi connectivity index (χ1n) is 6.97. The van der Waals surface area contributed by atoms with Gasteiger partial charge in [-0.3, -0.25) is 0 Å². The Labute approximate surface area is 136 Å². The highest BCUT2D eigenvalue weighted by atomic mass is 16.6. The molecular weight excluding hydrogens is 312 g/mol. The Kier molecular flexibility index (Phi) is 3.79. The van der Waals surface area contributed by atoms with Crippen LogP contribution in [0, 0.1) is 0 Å². The molecule has 0 spiro atoms. The Morgan fingerprint density at radius 2 is 1.54 bits per heavy atom. The van der Waals surface area contributed by atoms with E-state index < -0.39 is 23.5 Å². The van der Waals surface area contributed by atoms with Gasteiger partial charge in [0.1, 0.15) is 16.9 Å². The van der Waals surface area contributed by atoms with Crippen LogP contribution in [0.1, 0.15) is 11.1 Å². The molecule has 0 saturated carbocycles. The van der Waals surface area contributed by atoms with E-state index in [1.807, 2.05) is 0 Å². The molecule has 1 aliphatic heterocycles. The van der Waals surface area contributed by atoms with Gasteiger partial charge in [0.15, 0.2) is 11.5 Å². The monoisotopic (exact) mass is 324 g/mol. The minimum absolute atomic E-state index is 0.0401. The van der Waals surface area contributed by atoms with Crippen molar-refractivity contribution in [1.29, 1.82) is 0 Å². The number of rotatable bonds is 3. The summed E-state index contributed by atoms with van der Waals surface area (Å²) in [7, 11) is 0. The van der Waals surface area contributed by atoms with Crippen LogP contribution in [0.5, 0.6) is 5.75 Å². The molecule has 120 valence electrons. The zero-order valence-electron chi connectivity index (χ0n) is 12.3. The molecule has 0 saturated heterocycles. The average molecular weight is 324 g/mol. The van der Waals surface area contributed by atoms with E-state index in [4.69, 9.17) is 4.74 Å². The van der Waals surface area contributed by atoms with Crippen LogP contribution in [0.2, 0.25) is 0 Å². The molecule has 3 N–H and O–H groups in total. The van der Waals surface area contributed by atoms with Crippen LogP contribution in [0.3, 0.4) is 0 Å². The third-order valence-electron chi connectivity index (χ3n) is 3.51. The number of carboxylic acid groups (broad SMARTS) is 1. The van der Waals surface area contributed by atoms with Crippen LogP contribution >= 0.6 is 0 Å². The van der Waals surface area contributed by atoms with Crippen molar-refractivity contribution in [3.05, 3.63) is 77.2 Å². The fourth-order valence-corrected chi connectivity index (χ4v) is 2.41. The largest absolute Gasteiger partial charge is 0.508 e. The first kappa shape index (κ1) is 15.4. The summed E-state index contributed by atoms with van der Waals surface area (Å²) >= 11 is 0. The molecule has 3 rings (SSSR count). The van der Waals surface area contributed by atoms with Gasteiger partial charge in [-0.05, 0) is 23.3 Å². The lowest BCUT2D eigenvalue weighted by Crippen LogP contribution is -2.06. The number of carbonyl (C=O) groups is 2. The molecule has 0 unspecified atom stereocenters. The topological polar surface area (TPSA) is 104 Å². The number of ether oxygens (including phenoxy) is 1. The third kappa shape index (κ3) is 2.61. The summed E-state index contributed by atoms with van der Waals surface area (Å²) < 4.78 is 5.02. The van der Waals surface area contributed by atoms with Crippen LogP contribution in [-0.4, -0.2) is 27.3 Å². The fourth-order valence-electron chi connectivity index (χ4n) is 2.41. The molecule has 1 heterocycles. The highest BCUT2D eigenvalue weighted by Crippen LogP contribution is 2.36. The van der Waals surface area contributed by atoms with Gasteiger partial charge in [0.25, 0.3) is 0 Å². The maximum atomic E-state index is 12.1. The predicted molar refractivity (Wildman–Crippen MR) is 84.7 cm³/mol. The Balaban J connectivity index is 2.20. The quantitative estimate of drug-likeness (QED) is 0.592. The molecule has 24 heavy (non-hydrogen) atoms. The normalized spacial score (nSPS) is 16.1. The Morgan fingerprint density at radius 3 is 2.12 bits per heavy atom. The number of hydrogen-bond acceptors (Lipinski definition) is 5. The number of carbonyl (C=O) groups excluding carboxylic acids is 1. The van der Waals surface area contributed by atoms with E-state index in [1.165, 1.54) is 24.3 Å². The van der Waals surface area contributed by atoms with Gasteiger partial charge in [-0.2, -0.15) is 0 Å². The van der Waals surface area contributed by atoms with E-state index in [-0.39, 0.29) is 22.5 Å². The number of aliphatic hydroxyl groups is 1. The van der Waals surface area contributed by atoms with E-state index in [0.29, 0.717) is 5.56 Å². The number of carboxylic acids is 1. The van der Waals surface area contributed by atoms with Gasteiger partial charge in [-0.1, -0.05) is 42.5 Å². The molecule has 2 aromatic rings. The summed E-state index contributed by atoms with van der Waals surface area (Å²) in [5.41, 5.74) is 0.143. The van der Waals surface area contributed by atoms with Crippen LogP contribution in [0.4, 0.5) is 0 Å². The van der Waals surface area contributed by atoms with Crippen LogP contribution in [0.25, 0.3) is 11.1 Å². The second-order valence-electron chi connectivity index (χ2n) is 5.04. The zero-order chi connectivity index (χ0) is 17.3. The second kappa shape index (κ2) is 5.92. The molecule has 6 heteroatoms. The number of phenols is 1. The average Bonchev–Trinajstić information content (AvgIpc) is 2.84. The fraction of sp³-hybridized carbons (Fsp3) is 0. The summed E-state index contributed by atoms with van der Waals surface area (Å²) in [5, 5.41) is 29.2. The molecular formula is C18H12O6. The van der Waals surface area contributed by atoms with E-state index in [1.54, 1.807) is 30.3 Å². The third-order valence-corrected chi connectivity index (χ3v) is 3.51. The minimum Gasteiger partial charge on any atom is -0.508 e. The van der Waals surface area contributed by atoms with E-state index in [9.17, 15) is 24.9 Å². The van der Waals surface area contributed by atoms with Crippen molar-refractivity contribution >= 4 is 23.1 Å². The molecule has 0 fully saturated rings. The number of benzene rings is 2. The molecule has 0 aliphatic carbocycles. The van der Waals surface area contributed by atoms with Gasteiger partial charge in [0.2, 0.25) is 0 Å². The lowest BCUT2D eigenvalue weighted by Gasteiger charge is -2.07. The molecule has 6 nitrogen and oxygen atoms in total.